The minimum absolute atomic E-state index is 0.00690. The lowest BCUT2D eigenvalue weighted by molar-refractivity contribution is 0.0497. The van der Waals surface area contributed by atoms with Gasteiger partial charge in [-0.2, -0.15) is 0 Å². The zero-order valence-electron chi connectivity index (χ0n) is 19.5. The SMILES string of the molecule is CCOC(=O)c1ccc(NC(=O)c2cc(C)cc(C)c2OCOC)cc1F.CCOCC. The summed E-state index contributed by atoms with van der Waals surface area (Å²) in [5.74, 6) is -1.60. The number of carbonyl (C=O) groups is 2. The normalized spacial score (nSPS) is 10.1. The predicted octanol–water partition coefficient (Wildman–Crippen LogP) is 4.90. The van der Waals surface area contributed by atoms with Crippen LogP contribution in [0.1, 0.15) is 52.6 Å². The Morgan fingerprint density at radius 1 is 0.969 bits per heavy atom. The summed E-state index contributed by atoms with van der Waals surface area (Å²) >= 11 is 0. The minimum atomic E-state index is -0.775. The second-order valence-corrected chi connectivity index (χ2v) is 6.66. The maximum atomic E-state index is 14.2. The number of hydrogen-bond acceptors (Lipinski definition) is 6. The van der Waals surface area contributed by atoms with E-state index in [-0.39, 0.29) is 24.7 Å². The lowest BCUT2D eigenvalue weighted by Gasteiger charge is -2.15. The summed E-state index contributed by atoms with van der Waals surface area (Å²) in [6, 6.07) is 7.34. The first kappa shape index (κ1) is 27.1. The topological polar surface area (TPSA) is 83.1 Å². The fourth-order valence-corrected chi connectivity index (χ4v) is 2.80. The second-order valence-electron chi connectivity index (χ2n) is 6.66. The Hall–Kier alpha value is -2.97. The van der Waals surface area contributed by atoms with Crippen LogP contribution in [-0.2, 0) is 14.2 Å². The van der Waals surface area contributed by atoms with Crippen molar-refractivity contribution in [2.24, 2.45) is 0 Å². The molecule has 0 saturated carbocycles. The lowest BCUT2D eigenvalue weighted by atomic mass is 10.0. The summed E-state index contributed by atoms with van der Waals surface area (Å²) in [6.45, 7) is 11.1. The van der Waals surface area contributed by atoms with Gasteiger partial charge in [0.2, 0.25) is 0 Å². The molecule has 0 heterocycles. The number of anilines is 1. The third-order valence-electron chi connectivity index (χ3n) is 4.12. The molecule has 0 bridgehead atoms. The Kier molecular flexibility index (Phi) is 12.0. The van der Waals surface area contributed by atoms with Gasteiger partial charge in [-0.05, 0) is 70.0 Å². The van der Waals surface area contributed by atoms with Gasteiger partial charge < -0.3 is 24.3 Å². The molecule has 0 aromatic heterocycles. The molecule has 0 unspecified atom stereocenters. The molecule has 2 rings (SSSR count). The standard InChI is InChI=1S/C20H22FNO5.C4H10O/c1-5-26-20(24)15-7-6-14(10-17(15)21)22-19(23)16-9-12(2)8-13(3)18(16)27-11-25-4;1-3-5-4-2/h6-10H,5,11H2,1-4H3,(H,22,23);3-4H2,1-2H3. The molecule has 8 heteroatoms. The molecule has 0 fully saturated rings. The van der Waals surface area contributed by atoms with Crippen LogP contribution in [0.2, 0.25) is 0 Å². The maximum Gasteiger partial charge on any atom is 0.341 e. The number of rotatable bonds is 9. The Morgan fingerprint density at radius 3 is 2.19 bits per heavy atom. The quantitative estimate of drug-likeness (QED) is 0.433. The number of amides is 1. The number of methoxy groups -OCH3 is 1. The lowest BCUT2D eigenvalue weighted by Crippen LogP contribution is -2.16. The number of carbonyl (C=O) groups excluding carboxylic acids is 2. The van der Waals surface area contributed by atoms with Crippen molar-refractivity contribution in [1.82, 2.24) is 0 Å². The van der Waals surface area contributed by atoms with Crippen LogP contribution in [-0.4, -0.2) is 45.6 Å². The smallest absolute Gasteiger partial charge is 0.341 e. The number of benzene rings is 2. The van der Waals surface area contributed by atoms with Gasteiger partial charge in [0.25, 0.3) is 5.91 Å². The van der Waals surface area contributed by atoms with Crippen LogP contribution in [0.5, 0.6) is 5.75 Å². The van der Waals surface area contributed by atoms with Crippen molar-refractivity contribution in [2.45, 2.75) is 34.6 Å². The van der Waals surface area contributed by atoms with E-state index >= 15 is 0 Å². The maximum absolute atomic E-state index is 14.2. The number of esters is 1. The van der Waals surface area contributed by atoms with Crippen molar-refractivity contribution in [3.8, 4) is 5.75 Å². The summed E-state index contributed by atoms with van der Waals surface area (Å²) in [7, 11) is 1.48. The van der Waals surface area contributed by atoms with Crippen molar-refractivity contribution in [2.75, 3.05) is 39.0 Å². The fourth-order valence-electron chi connectivity index (χ4n) is 2.80. The van der Waals surface area contributed by atoms with Gasteiger partial charge in [-0.3, -0.25) is 4.79 Å². The van der Waals surface area contributed by atoms with Gasteiger partial charge in [-0.1, -0.05) is 6.07 Å². The molecule has 176 valence electrons. The Balaban J connectivity index is 0.000000920. The van der Waals surface area contributed by atoms with E-state index in [1.165, 1.54) is 19.2 Å². The van der Waals surface area contributed by atoms with Gasteiger partial charge in [-0.15, -0.1) is 0 Å². The number of nitrogens with one attached hydrogen (secondary N) is 1. The minimum Gasteiger partial charge on any atom is -0.466 e. The van der Waals surface area contributed by atoms with E-state index in [9.17, 15) is 14.0 Å². The molecule has 0 aliphatic carbocycles. The van der Waals surface area contributed by atoms with Crippen LogP contribution in [0.4, 0.5) is 10.1 Å². The number of halogens is 1. The van der Waals surface area contributed by atoms with E-state index in [4.69, 9.17) is 18.9 Å². The highest BCUT2D eigenvalue weighted by molar-refractivity contribution is 6.06. The van der Waals surface area contributed by atoms with Crippen molar-refractivity contribution in [1.29, 1.82) is 0 Å². The molecule has 0 spiro atoms. The third-order valence-corrected chi connectivity index (χ3v) is 4.12. The molecule has 2 aromatic carbocycles. The van der Waals surface area contributed by atoms with E-state index < -0.39 is 17.7 Å². The third kappa shape index (κ3) is 8.28. The summed E-state index contributed by atoms with van der Waals surface area (Å²) in [5, 5.41) is 2.62. The summed E-state index contributed by atoms with van der Waals surface area (Å²) < 4.78 is 34.2. The van der Waals surface area contributed by atoms with Crippen LogP contribution in [0, 0.1) is 19.7 Å². The van der Waals surface area contributed by atoms with E-state index in [2.05, 4.69) is 5.32 Å². The number of aryl methyl sites for hydroxylation is 2. The second kappa shape index (κ2) is 14.2. The highest BCUT2D eigenvalue weighted by atomic mass is 19.1. The average molecular weight is 450 g/mol. The summed E-state index contributed by atoms with van der Waals surface area (Å²) in [4.78, 5) is 24.4. The summed E-state index contributed by atoms with van der Waals surface area (Å²) in [6.07, 6.45) is 0. The first-order valence-electron chi connectivity index (χ1n) is 10.4. The molecular weight excluding hydrogens is 417 g/mol. The van der Waals surface area contributed by atoms with E-state index in [0.29, 0.717) is 11.3 Å². The highest BCUT2D eigenvalue weighted by Gasteiger charge is 2.18. The predicted molar refractivity (Wildman–Crippen MR) is 121 cm³/mol. The van der Waals surface area contributed by atoms with Crippen LogP contribution >= 0.6 is 0 Å². The first-order chi connectivity index (χ1) is 15.3. The fraction of sp³-hybridized carbons (Fsp3) is 0.417. The largest absolute Gasteiger partial charge is 0.466 e. The molecule has 0 radical (unpaired) electrons. The zero-order chi connectivity index (χ0) is 24.1. The van der Waals surface area contributed by atoms with Gasteiger partial charge in [0, 0.05) is 26.0 Å². The van der Waals surface area contributed by atoms with Crippen LogP contribution < -0.4 is 10.1 Å². The Morgan fingerprint density at radius 2 is 1.66 bits per heavy atom. The summed E-state index contributed by atoms with van der Waals surface area (Å²) in [5.41, 5.74) is 1.99. The van der Waals surface area contributed by atoms with Gasteiger partial charge in [0.05, 0.1) is 17.7 Å². The Bertz CT molecular complexity index is 898. The number of ether oxygens (including phenoxy) is 4. The molecule has 7 nitrogen and oxygen atoms in total. The highest BCUT2D eigenvalue weighted by Crippen LogP contribution is 2.27. The molecule has 0 aliphatic heterocycles. The molecule has 1 N–H and O–H groups in total. The van der Waals surface area contributed by atoms with E-state index in [1.54, 1.807) is 13.0 Å². The van der Waals surface area contributed by atoms with E-state index in [1.807, 2.05) is 33.8 Å². The molecule has 2 aromatic rings. The number of hydrogen-bond donors (Lipinski definition) is 1. The molecule has 0 aliphatic rings. The zero-order valence-corrected chi connectivity index (χ0v) is 19.5. The van der Waals surface area contributed by atoms with Gasteiger partial charge in [-0.25, -0.2) is 9.18 Å². The molecule has 32 heavy (non-hydrogen) atoms. The van der Waals surface area contributed by atoms with Crippen molar-refractivity contribution in [3.63, 3.8) is 0 Å². The Labute approximate surface area is 188 Å². The van der Waals surface area contributed by atoms with Gasteiger partial charge in [0.15, 0.2) is 6.79 Å². The molecular formula is C24H32FNO6. The molecule has 0 saturated heterocycles. The monoisotopic (exact) mass is 449 g/mol. The van der Waals surface area contributed by atoms with Crippen molar-refractivity contribution < 1.29 is 32.9 Å². The van der Waals surface area contributed by atoms with Crippen LogP contribution in [0.15, 0.2) is 30.3 Å². The van der Waals surface area contributed by atoms with Gasteiger partial charge >= 0.3 is 5.97 Å². The average Bonchev–Trinajstić information content (AvgIpc) is 2.74. The van der Waals surface area contributed by atoms with Crippen LogP contribution in [0.25, 0.3) is 0 Å². The first-order valence-corrected chi connectivity index (χ1v) is 10.4. The van der Waals surface area contributed by atoms with Crippen molar-refractivity contribution in [3.05, 3.63) is 58.4 Å². The molecule has 1 amide bonds. The molecule has 0 atom stereocenters. The van der Waals surface area contributed by atoms with Gasteiger partial charge in [0.1, 0.15) is 11.6 Å². The van der Waals surface area contributed by atoms with E-state index in [0.717, 1.165) is 30.4 Å². The van der Waals surface area contributed by atoms with Crippen molar-refractivity contribution >= 4 is 17.6 Å². The van der Waals surface area contributed by atoms with Crippen LogP contribution in [0.3, 0.4) is 0 Å².